The van der Waals surface area contributed by atoms with E-state index in [1.807, 2.05) is 12.2 Å². The van der Waals surface area contributed by atoms with Gasteiger partial charge < -0.3 is 15.3 Å². The van der Waals surface area contributed by atoms with Crippen LogP contribution in [0.1, 0.15) is 44.9 Å². The molecule has 134 valence electrons. The second kappa shape index (κ2) is 38.2. The molecule has 0 spiro atoms. The number of hydrogen-bond acceptors (Lipinski definition) is 3. The van der Waals surface area contributed by atoms with Crippen molar-refractivity contribution in [2.75, 3.05) is 19.8 Å². The third-order valence-electron chi connectivity index (χ3n) is 2.24. The maximum atomic E-state index is 9.64. The van der Waals surface area contributed by atoms with Crippen LogP contribution in [0.3, 0.4) is 0 Å². The van der Waals surface area contributed by atoms with Crippen molar-refractivity contribution < 1.29 is 41.2 Å². The Kier molecular flexibility index (Phi) is 49.7. The van der Waals surface area contributed by atoms with E-state index in [4.69, 9.17) is 0 Å². The van der Waals surface area contributed by atoms with Gasteiger partial charge >= 0.3 is 25.8 Å². The van der Waals surface area contributed by atoms with Crippen molar-refractivity contribution in [3.63, 3.8) is 0 Å². The summed E-state index contributed by atoms with van der Waals surface area (Å²) in [6.45, 7) is 10.5. The molecule has 0 radical (unpaired) electrons. The Bertz CT molecular complexity index is 248. The minimum absolute atomic E-state index is 0. The molecule has 4 heteroatoms. The van der Waals surface area contributed by atoms with Gasteiger partial charge in [0.1, 0.15) is 0 Å². The zero-order chi connectivity index (χ0) is 18.0. The zero-order valence-electron chi connectivity index (χ0n) is 14.9. The minimum atomic E-state index is 0. The second-order valence-corrected chi connectivity index (χ2v) is 4.41. The SMILES string of the molecule is C=CCCC[O-].C=CCCC[O-].C=CCCC[O-].[C-]1=CC=CC1.[Hf+4]. The van der Waals surface area contributed by atoms with Gasteiger partial charge in [0, 0.05) is 0 Å². The van der Waals surface area contributed by atoms with Crippen molar-refractivity contribution in [1.82, 2.24) is 0 Å². The van der Waals surface area contributed by atoms with E-state index in [0.717, 1.165) is 44.9 Å². The van der Waals surface area contributed by atoms with Gasteiger partial charge in [0.05, 0.1) is 0 Å². The molecule has 0 bridgehead atoms. The molecule has 0 heterocycles. The van der Waals surface area contributed by atoms with Crippen LogP contribution < -0.4 is 15.3 Å². The summed E-state index contributed by atoms with van der Waals surface area (Å²) in [6, 6.07) is 0. The quantitative estimate of drug-likeness (QED) is 0.212. The van der Waals surface area contributed by atoms with Crippen molar-refractivity contribution in [2.45, 2.75) is 44.9 Å². The minimum Gasteiger partial charge on any atom is -0.854 e. The molecule has 0 saturated heterocycles. The summed E-state index contributed by atoms with van der Waals surface area (Å²) >= 11 is 0. The van der Waals surface area contributed by atoms with E-state index in [1.54, 1.807) is 18.2 Å². The Hall–Kier alpha value is -0.550. The van der Waals surface area contributed by atoms with Gasteiger partial charge in [-0.25, -0.2) is 12.2 Å². The monoisotopic (exact) mass is 500 g/mol. The predicted octanol–water partition coefficient (Wildman–Crippen LogP) is 2.24. The van der Waals surface area contributed by atoms with Crippen LogP contribution in [-0.4, -0.2) is 19.8 Å². The standard InChI is InChI=1S/3C5H9O.C5H5.Hf/c3*1-2-3-4-5-6;1-2-4-5-3-1;/h3*2H,1,3-5H2;1-3H,4H2;/q4*-1;+4. The third-order valence-corrected chi connectivity index (χ3v) is 2.24. The zero-order valence-corrected chi connectivity index (χ0v) is 18.5. The van der Waals surface area contributed by atoms with Crippen LogP contribution in [0.15, 0.2) is 56.2 Å². The summed E-state index contributed by atoms with van der Waals surface area (Å²) in [5.41, 5.74) is 0. The van der Waals surface area contributed by atoms with E-state index in [2.05, 4.69) is 31.9 Å². The van der Waals surface area contributed by atoms with Crippen LogP contribution in [-0.2, 0) is 25.8 Å². The van der Waals surface area contributed by atoms with Gasteiger partial charge in [-0.2, -0.15) is 6.08 Å². The summed E-state index contributed by atoms with van der Waals surface area (Å²) < 4.78 is 0. The van der Waals surface area contributed by atoms with Crippen molar-refractivity contribution in [2.24, 2.45) is 0 Å². The van der Waals surface area contributed by atoms with E-state index < -0.39 is 0 Å². The number of rotatable bonds is 9. The first-order chi connectivity index (χ1) is 11.2. The van der Waals surface area contributed by atoms with Crippen LogP contribution in [0.5, 0.6) is 0 Å². The van der Waals surface area contributed by atoms with Gasteiger partial charge in [0.15, 0.2) is 0 Å². The molecule has 0 aromatic heterocycles. The molecule has 0 unspecified atom stereocenters. The largest absolute Gasteiger partial charge is 4.00 e. The third kappa shape index (κ3) is 49.6. The molecule has 1 aliphatic rings. The molecular formula is C20H32HfO3. The van der Waals surface area contributed by atoms with Crippen LogP contribution in [0, 0.1) is 6.08 Å². The maximum absolute atomic E-state index is 9.64. The maximum Gasteiger partial charge on any atom is 4.00 e. The molecule has 0 aliphatic heterocycles. The van der Waals surface area contributed by atoms with Gasteiger partial charge in [-0.1, -0.05) is 37.5 Å². The van der Waals surface area contributed by atoms with E-state index in [-0.39, 0.29) is 45.7 Å². The Labute approximate surface area is 168 Å². The second-order valence-electron chi connectivity index (χ2n) is 4.41. The molecule has 3 nitrogen and oxygen atoms in total. The van der Waals surface area contributed by atoms with Gasteiger partial charge in [-0.3, -0.25) is 6.08 Å². The van der Waals surface area contributed by atoms with Gasteiger partial charge in [0.25, 0.3) is 0 Å². The summed E-state index contributed by atoms with van der Waals surface area (Å²) in [4.78, 5) is 0. The van der Waals surface area contributed by atoms with E-state index in [9.17, 15) is 15.3 Å². The molecule has 0 amide bonds. The predicted molar refractivity (Wildman–Crippen MR) is 94.5 cm³/mol. The molecule has 0 atom stereocenters. The first-order valence-electron chi connectivity index (χ1n) is 8.03. The molecule has 0 aromatic carbocycles. The van der Waals surface area contributed by atoms with E-state index in [0.29, 0.717) is 0 Å². The molecule has 1 aliphatic carbocycles. The fourth-order valence-corrected chi connectivity index (χ4v) is 1.02. The van der Waals surface area contributed by atoms with Gasteiger partial charge in [-0.15, -0.1) is 46.0 Å². The number of unbranched alkanes of at least 4 members (excludes halogenated alkanes) is 3. The normalized spacial score (nSPS) is 9.79. The molecule has 0 saturated carbocycles. The number of allylic oxidation sites excluding steroid dienone is 7. The summed E-state index contributed by atoms with van der Waals surface area (Å²) in [5, 5.41) is 28.9. The van der Waals surface area contributed by atoms with Crippen molar-refractivity contribution in [1.29, 1.82) is 0 Å². The molecular weight excluding hydrogens is 467 g/mol. The first kappa shape index (κ1) is 31.2. The number of hydrogen-bond donors (Lipinski definition) is 0. The molecule has 0 aromatic rings. The summed E-state index contributed by atoms with van der Waals surface area (Å²) in [6.07, 6.45) is 20.1. The Balaban J connectivity index is -0.000000110. The Morgan fingerprint density at radius 3 is 1.25 bits per heavy atom. The first-order valence-corrected chi connectivity index (χ1v) is 8.03. The summed E-state index contributed by atoms with van der Waals surface area (Å²) in [7, 11) is 0. The van der Waals surface area contributed by atoms with Crippen molar-refractivity contribution in [3.05, 3.63) is 62.3 Å². The smallest absolute Gasteiger partial charge is 0.854 e. The fraction of sp³-hybridized carbons (Fsp3) is 0.500. The average Bonchev–Trinajstić information content (AvgIpc) is 3.17. The van der Waals surface area contributed by atoms with Gasteiger partial charge in [0.2, 0.25) is 0 Å². The summed E-state index contributed by atoms with van der Waals surface area (Å²) in [5.74, 6) is 0. The van der Waals surface area contributed by atoms with Crippen molar-refractivity contribution in [3.8, 4) is 0 Å². The molecule has 24 heavy (non-hydrogen) atoms. The van der Waals surface area contributed by atoms with Crippen molar-refractivity contribution >= 4 is 0 Å². The Morgan fingerprint density at radius 1 is 0.792 bits per heavy atom. The average molecular weight is 499 g/mol. The van der Waals surface area contributed by atoms with Crippen LogP contribution >= 0.6 is 0 Å². The Morgan fingerprint density at radius 2 is 1.17 bits per heavy atom. The van der Waals surface area contributed by atoms with E-state index in [1.165, 1.54) is 0 Å². The van der Waals surface area contributed by atoms with E-state index >= 15 is 0 Å². The topological polar surface area (TPSA) is 69.2 Å². The van der Waals surface area contributed by atoms with Crippen LogP contribution in [0.25, 0.3) is 0 Å². The van der Waals surface area contributed by atoms with Crippen LogP contribution in [0.4, 0.5) is 0 Å². The molecule has 1 rings (SSSR count). The molecule has 0 fully saturated rings. The van der Waals surface area contributed by atoms with Gasteiger partial charge in [-0.05, 0) is 19.3 Å². The molecule has 0 N–H and O–H groups in total. The fourth-order valence-electron chi connectivity index (χ4n) is 1.02. The van der Waals surface area contributed by atoms with Crippen LogP contribution in [0.2, 0.25) is 0 Å².